The Bertz CT molecular complexity index is 965. The van der Waals surface area contributed by atoms with Crippen molar-refractivity contribution in [3.05, 3.63) is 47.5 Å². The fraction of sp³-hybridized carbons (Fsp3) is 0.188. The summed E-state index contributed by atoms with van der Waals surface area (Å²) in [6.45, 7) is 1.03. The number of nitrogens with zero attached hydrogens (tertiary/aromatic N) is 1. The second-order valence-corrected chi connectivity index (χ2v) is 8.09. The Labute approximate surface area is 143 Å². The van der Waals surface area contributed by atoms with Crippen molar-refractivity contribution in [3.8, 4) is 11.5 Å². The minimum Gasteiger partial charge on any atom is -0.486 e. The van der Waals surface area contributed by atoms with Crippen LogP contribution in [0.3, 0.4) is 0 Å². The number of sulfonamides is 1. The number of rotatable bonds is 4. The van der Waals surface area contributed by atoms with Gasteiger partial charge in [0.05, 0.1) is 21.7 Å². The maximum atomic E-state index is 12.5. The van der Waals surface area contributed by atoms with Gasteiger partial charge in [-0.3, -0.25) is 0 Å². The van der Waals surface area contributed by atoms with Gasteiger partial charge >= 0.3 is 0 Å². The Balaban J connectivity index is 1.54. The molecule has 1 N–H and O–H groups in total. The average Bonchev–Trinajstić information content (AvgIpc) is 3.03. The van der Waals surface area contributed by atoms with E-state index in [2.05, 4.69) is 9.71 Å². The van der Waals surface area contributed by atoms with E-state index in [1.807, 2.05) is 24.3 Å². The molecule has 6 nitrogen and oxygen atoms in total. The summed E-state index contributed by atoms with van der Waals surface area (Å²) in [4.78, 5) is 4.57. The molecule has 0 saturated carbocycles. The van der Waals surface area contributed by atoms with Crippen LogP contribution in [0.4, 0.5) is 0 Å². The highest BCUT2D eigenvalue weighted by molar-refractivity contribution is 7.89. The van der Waals surface area contributed by atoms with E-state index in [4.69, 9.17) is 9.47 Å². The molecule has 2 aromatic carbocycles. The highest BCUT2D eigenvalue weighted by atomic mass is 32.2. The summed E-state index contributed by atoms with van der Waals surface area (Å²) in [5, 5.41) is 0.720. The summed E-state index contributed by atoms with van der Waals surface area (Å²) in [7, 11) is -3.65. The minimum atomic E-state index is -3.65. The van der Waals surface area contributed by atoms with Crippen molar-refractivity contribution in [2.75, 3.05) is 13.2 Å². The van der Waals surface area contributed by atoms with Crippen molar-refractivity contribution in [1.82, 2.24) is 9.71 Å². The van der Waals surface area contributed by atoms with E-state index < -0.39 is 10.0 Å². The molecule has 0 fully saturated rings. The second-order valence-electron chi connectivity index (χ2n) is 5.21. The normalized spacial score (nSPS) is 14.0. The number of hydrogen-bond acceptors (Lipinski definition) is 6. The Morgan fingerprint density at radius 3 is 2.71 bits per heavy atom. The molecular weight excluding hydrogens is 348 g/mol. The first-order chi connectivity index (χ1) is 11.6. The predicted octanol–water partition coefficient (Wildman–Crippen LogP) is 2.55. The molecule has 24 heavy (non-hydrogen) atoms. The molecule has 4 rings (SSSR count). The van der Waals surface area contributed by atoms with Crippen LogP contribution >= 0.6 is 11.3 Å². The number of ether oxygens (including phenoxy) is 2. The molecule has 3 aromatic rings. The van der Waals surface area contributed by atoms with Gasteiger partial charge in [-0.15, -0.1) is 11.3 Å². The van der Waals surface area contributed by atoms with Gasteiger partial charge in [0.1, 0.15) is 18.2 Å². The number of benzene rings is 2. The van der Waals surface area contributed by atoms with E-state index >= 15 is 0 Å². The van der Waals surface area contributed by atoms with Gasteiger partial charge in [-0.1, -0.05) is 12.1 Å². The molecule has 1 aliphatic rings. The Kier molecular flexibility index (Phi) is 3.87. The smallest absolute Gasteiger partial charge is 0.241 e. The molecular formula is C16H14N2O4S2. The van der Waals surface area contributed by atoms with E-state index in [0.29, 0.717) is 24.7 Å². The van der Waals surface area contributed by atoms with Gasteiger partial charge in [-0.2, -0.15) is 0 Å². The van der Waals surface area contributed by atoms with Crippen LogP contribution in [0.1, 0.15) is 5.01 Å². The zero-order valence-corrected chi connectivity index (χ0v) is 14.2. The molecule has 0 aliphatic carbocycles. The Hall–Kier alpha value is -2.16. The topological polar surface area (TPSA) is 77.5 Å². The first-order valence-electron chi connectivity index (χ1n) is 7.36. The largest absolute Gasteiger partial charge is 0.486 e. The van der Waals surface area contributed by atoms with Crippen LogP contribution in [-0.4, -0.2) is 26.6 Å². The van der Waals surface area contributed by atoms with Crippen molar-refractivity contribution in [3.63, 3.8) is 0 Å². The van der Waals surface area contributed by atoms with Crippen molar-refractivity contribution < 1.29 is 17.9 Å². The van der Waals surface area contributed by atoms with Gasteiger partial charge in [0.25, 0.3) is 0 Å². The van der Waals surface area contributed by atoms with E-state index in [1.54, 1.807) is 6.07 Å². The minimum absolute atomic E-state index is 0.146. The molecule has 0 atom stereocenters. The van der Waals surface area contributed by atoms with Gasteiger partial charge < -0.3 is 9.47 Å². The van der Waals surface area contributed by atoms with Crippen molar-refractivity contribution in [2.45, 2.75) is 11.4 Å². The zero-order valence-electron chi connectivity index (χ0n) is 12.6. The molecule has 0 saturated heterocycles. The molecule has 124 valence electrons. The maximum absolute atomic E-state index is 12.5. The maximum Gasteiger partial charge on any atom is 0.241 e. The zero-order chi connectivity index (χ0) is 16.6. The SMILES string of the molecule is O=S(=O)(NCc1nc2ccccc2s1)c1ccc2c(c1)OCCO2. The summed E-state index contributed by atoms with van der Waals surface area (Å²) >= 11 is 1.47. The fourth-order valence-corrected chi connectivity index (χ4v) is 4.43. The van der Waals surface area contributed by atoms with Gasteiger partial charge in [0.15, 0.2) is 11.5 Å². The lowest BCUT2D eigenvalue weighted by molar-refractivity contribution is 0.171. The van der Waals surface area contributed by atoms with Crippen LogP contribution in [0.25, 0.3) is 10.2 Å². The number of fused-ring (bicyclic) bond motifs is 2. The summed E-state index contributed by atoms with van der Waals surface area (Å²) in [6, 6.07) is 12.3. The molecule has 8 heteroatoms. The summed E-state index contributed by atoms with van der Waals surface area (Å²) in [5.41, 5.74) is 0.871. The quantitative estimate of drug-likeness (QED) is 0.772. The molecule has 1 aromatic heterocycles. The Morgan fingerprint density at radius 2 is 1.88 bits per heavy atom. The van der Waals surface area contributed by atoms with Gasteiger partial charge in [0.2, 0.25) is 10.0 Å². The van der Waals surface area contributed by atoms with Crippen molar-refractivity contribution in [2.24, 2.45) is 0 Å². The number of aromatic nitrogens is 1. The number of thiazole rings is 1. The lowest BCUT2D eigenvalue weighted by Crippen LogP contribution is -2.23. The van der Waals surface area contributed by atoms with E-state index in [-0.39, 0.29) is 11.4 Å². The van der Waals surface area contributed by atoms with Crippen LogP contribution in [0, 0.1) is 0 Å². The standard InChI is InChI=1S/C16H14N2O4S2/c19-24(20,11-5-6-13-14(9-11)22-8-7-21-13)17-10-16-18-12-3-1-2-4-15(12)23-16/h1-6,9,17H,7-8,10H2. The molecule has 0 amide bonds. The third-order valence-corrected chi connectivity index (χ3v) is 6.01. The van der Waals surface area contributed by atoms with Crippen LogP contribution in [0.15, 0.2) is 47.4 Å². The van der Waals surface area contributed by atoms with Gasteiger partial charge in [-0.05, 0) is 24.3 Å². The van der Waals surface area contributed by atoms with Crippen molar-refractivity contribution >= 4 is 31.6 Å². The molecule has 1 aliphatic heterocycles. The summed E-state index contributed by atoms with van der Waals surface area (Å²) in [5.74, 6) is 1.01. The van der Waals surface area contributed by atoms with Crippen LogP contribution in [0.5, 0.6) is 11.5 Å². The second kappa shape index (κ2) is 6.04. The fourth-order valence-electron chi connectivity index (χ4n) is 2.43. The average molecular weight is 362 g/mol. The van der Waals surface area contributed by atoms with Gasteiger partial charge in [-0.25, -0.2) is 18.1 Å². The molecule has 0 bridgehead atoms. The third kappa shape index (κ3) is 2.95. The molecule has 0 radical (unpaired) electrons. The van der Waals surface area contributed by atoms with E-state index in [0.717, 1.165) is 15.2 Å². The number of hydrogen-bond donors (Lipinski definition) is 1. The van der Waals surface area contributed by atoms with Crippen LogP contribution in [0.2, 0.25) is 0 Å². The molecule has 0 spiro atoms. The number of para-hydroxylation sites is 1. The monoisotopic (exact) mass is 362 g/mol. The number of nitrogens with one attached hydrogen (secondary N) is 1. The predicted molar refractivity (Wildman–Crippen MR) is 91.1 cm³/mol. The van der Waals surface area contributed by atoms with E-state index in [9.17, 15) is 8.42 Å². The lowest BCUT2D eigenvalue weighted by Gasteiger charge is -2.18. The highest BCUT2D eigenvalue weighted by Gasteiger charge is 2.19. The Morgan fingerprint density at radius 1 is 1.08 bits per heavy atom. The third-order valence-electron chi connectivity index (χ3n) is 3.58. The summed E-state index contributed by atoms with van der Waals surface area (Å²) in [6.07, 6.45) is 0. The summed E-state index contributed by atoms with van der Waals surface area (Å²) < 4.78 is 39.4. The van der Waals surface area contributed by atoms with Crippen molar-refractivity contribution in [1.29, 1.82) is 0 Å². The highest BCUT2D eigenvalue weighted by Crippen LogP contribution is 2.32. The van der Waals surface area contributed by atoms with Crippen LogP contribution < -0.4 is 14.2 Å². The molecule has 2 heterocycles. The lowest BCUT2D eigenvalue weighted by atomic mass is 10.3. The van der Waals surface area contributed by atoms with E-state index in [1.165, 1.54) is 23.5 Å². The first-order valence-corrected chi connectivity index (χ1v) is 9.65. The van der Waals surface area contributed by atoms with Gasteiger partial charge in [0, 0.05) is 6.07 Å². The molecule has 0 unspecified atom stereocenters. The van der Waals surface area contributed by atoms with Crippen LogP contribution in [-0.2, 0) is 16.6 Å². The first kappa shape index (κ1) is 15.4.